The van der Waals surface area contributed by atoms with Crippen LogP contribution in [-0.4, -0.2) is 4.57 Å². The van der Waals surface area contributed by atoms with Gasteiger partial charge < -0.3 is 4.42 Å². The van der Waals surface area contributed by atoms with E-state index in [2.05, 4.69) is 0 Å². The van der Waals surface area contributed by atoms with E-state index in [0.29, 0.717) is 18.0 Å². The van der Waals surface area contributed by atoms with Gasteiger partial charge in [0, 0.05) is 11.1 Å². The summed E-state index contributed by atoms with van der Waals surface area (Å²) in [7, 11) is 0. The van der Waals surface area contributed by atoms with Gasteiger partial charge in [0.2, 0.25) is 0 Å². The zero-order valence-corrected chi connectivity index (χ0v) is 13.9. The van der Waals surface area contributed by atoms with Gasteiger partial charge in [0.15, 0.2) is 5.76 Å². The van der Waals surface area contributed by atoms with E-state index in [1.807, 2.05) is 60.7 Å². The summed E-state index contributed by atoms with van der Waals surface area (Å²) in [6.45, 7) is 0.378. The lowest BCUT2D eigenvalue weighted by molar-refractivity contribution is 0.497. The standard InChI is InChI=1S/C22H16FNO2/c23-19-13-11-17(12-14-19)20-21(18-9-5-2-6-10-18)26-22(25)24(20)15-16-7-3-1-4-8-16/h1-14H,15H2. The van der Waals surface area contributed by atoms with Gasteiger partial charge in [-0.2, -0.15) is 0 Å². The van der Waals surface area contributed by atoms with E-state index < -0.39 is 5.76 Å². The van der Waals surface area contributed by atoms with Gasteiger partial charge in [-0.3, -0.25) is 4.57 Å². The Hall–Kier alpha value is -3.40. The maximum Gasteiger partial charge on any atom is 0.420 e. The molecule has 3 nitrogen and oxygen atoms in total. The molecule has 3 aromatic carbocycles. The summed E-state index contributed by atoms with van der Waals surface area (Å²) in [6.07, 6.45) is 0. The molecule has 0 fully saturated rings. The average molecular weight is 345 g/mol. The van der Waals surface area contributed by atoms with Gasteiger partial charge in [-0.05, 0) is 29.8 Å². The molecule has 0 saturated heterocycles. The summed E-state index contributed by atoms with van der Waals surface area (Å²) in [5.41, 5.74) is 3.16. The predicted molar refractivity (Wildman–Crippen MR) is 99.3 cm³/mol. The Balaban J connectivity index is 1.92. The highest BCUT2D eigenvalue weighted by Crippen LogP contribution is 2.32. The maximum atomic E-state index is 13.4. The first kappa shape index (κ1) is 16.1. The third kappa shape index (κ3) is 3.09. The van der Waals surface area contributed by atoms with E-state index in [9.17, 15) is 9.18 Å². The molecule has 0 aliphatic heterocycles. The second kappa shape index (κ2) is 6.84. The fourth-order valence-electron chi connectivity index (χ4n) is 2.99. The highest BCUT2D eigenvalue weighted by Gasteiger charge is 2.20. The smallest absolute Gasteiger partial charge is 0.407 e. The highest BCUT2D eigenvalue weighted by molar-refractivity contribution is 5.77. The Bertz CT molecular complexity index is 1060. The van der Waals surface area contributed by atoms with Crippen molar-refractivity contribution in [2.45, 2.75) is 6.54 Å². The van der Waals surface area contributed by atoms with Gasteiger partial charge in [0.1, 0.15) is 5.82 Å². The molecule has 4 rings (SSSR count). The summed E-state index contributed by atoms with van der Waals surface area (Å²) >= 11 is 0. The predicted octanol–water partition coefficient (Wildman–Crippen LogP) is 4.96. The Morgan fingerprint density at radius 3 is 2.04 bits per heavy atom. The number of rotatable bonds is 4. The number of aromatic nitrogens is 1. The van der Waals surface area contributed by atoms with Crippen molar-refractivity contribution in [1.82, 2.24) is 4.57 Å². The van der Waals surface area contributed by atoms with Gasteiger partial charge in [-0.15, -0.1) is 0 Å². The summed E-state index contributed by atoms with van der Waals surface area (Å²) in [5.74, 6) is -0.277. The van der Waals surface area contributed by atoms with E-state index in [1.165, 1.54) is 12.1 Å². The highest BCUT2D eigenvalue weighted by atomic mass is 19.1. The molecule has 0 bridgehead atoms. The van der Waals surface area contributed by atoms with Crippen molar-refractivity contribution in [2.24, 2.45) is 0 Å². The second-order valence-electron chi connectivity index (χ2n) is 5.99. The quantitative estimate of drug-likeness (QED) is 0.524. The Morgan fingerprint density at radius 2 is 1.38 bits per heavy atom. The molecule has 1 heterocycles. The van der Waals surface area contributed by atoms with E-state index in [1.54, 1.807) is 16.7 Å². The molecule has 0 unspecified atom stereocenters. The van der Waals surface area contributed by atoms with E-state index >= 15 is 0 Å². The Morgan fingerprint density at radius 1 is 0.769 bits per heavy atom. The zero-order chi connectivity index (χ0) is 17.9. The molecule has 0 saturated carbocycles. The van der Waals surface area contributed by atoms with Crippen molar-refractivity contribution in [1.29, 1.82) is 0 Å². The van der Waals surface area contributed by atoms with Crippen LogP contribution in [0.3, 0.4) is 0 Å². The van der Waals surface area contributed by atoms with Crippen molar-refractivity contribution in [3.63, 3.8) is 0 Å². The van der Waals surface area contributed by atoms with E-state index in [0.717, 1.165) is 16.7 Å². The number of halogens is 1. The Kier molecular flexibility index (Phi) is 4.23. The van der Waals surface area contributed by atoms with Crippen LogP contribution in [0.4, 0.5) is 4.39 Å². The summed E-state index contributed by atoms with van der Waals surface area (Å²) < 4.78 is 20.6. The van der Waals surface area contributed by atoms with Crippen molar-refractivity contribution in [2.75, 3.05) is 0 Å². The number of oxazole rings is 1. The van der Waals surface area contributed by atoms with Crippen LogP contribution in [0.25, 0.3) is 22.6 Å². The molecule has 0 atom stereocenters. The molecule has 0 N–H and O–H groups in total. The van der Waals surface area contributed by atoms with Crippen molar-refractivity contribution in [3.05, 3.63) is 107 Å². The van der Waals surface area contributed by atoms with Crippen LogP contribution in [0, 0.1) is 5.82 Å². The van der Waals surface area contributed by atoms with Crippen molar-refractivity contribution < 1.29 is 8.81 Å². The first-order valence-electron chi connectivity index (χ1n) is 8.31. The van der Waals surface area contributed by atoms with Crippen molar-refractivity contribution >= 4 is 0 Å². The number of hydrogen-bond acceptors (Lipinski definition) is 2. The van der Waals surface area contributed by atoms with Crippen LogP contribution in [-0.2, 0) is 6.54 Å². The molecule has 0 radical (unpaired) electrons. The second-order valence-corrected chi connectivity index (χ2v) is 5.99. The monoisotopic (exact) mass is 345 g/mol. The van der Waals surface area contributed by atoms with Gasteiger partial charge in [0.05, 0.1) is 12.2 Å². The van der Waals surface area contributed by atoms with Gasteiger partial charge in [0.25, 0.3) is 0 Å². The lowest BCUT2D eigenvalue weighted by Gasteiger charge is -2.09. The lowest BCUT2D eigenvalue weighted by atomic mass is 10.1. The van der Waals surface area contributed by atoms with Crippen LogP contribution in [0.5, 0.6) is 0 Å². The zero-order valence-electron chi connectivity index (χ0n) is 13.9. The van der Waals surface area contributed by atoms with Crippen LogP contribution in [0.1, 0.15) is 5.56 Å². The average Bonchev–Trinajstić information content (AvgIpc) is 3.00. The topological polar surface area (TPSA) is 35.1 Å². The largest absolute Gasteiger partial charge is 0.420 e. The van der Waals surface area contributed by atoms with Crippen molar-refractivity contribution in [3.8, 4) is 22.6 Å². The summed E-state index contributed by atoms with van der Waals surface area (Å²) in [5, 5.41) is 0. The number of nitrogens with zero attached hydrogens (tertiary/aromatic N) is 1. The van der Waals surface area contributed by atoms with E-state index in [4.69, 9.17) is 4.42 Å². The number of hydrogen-bond donors (Lipinski definition) is 0. The Labute approximate surface area is 150 Å². The summed E-state index contributed by atoms with van der Waals surface area (Å²) in [4.78, 5) is 12.6. The third-order valence-corrected chi connectivity index (χ3v) is 4.23. The molecule has 1 aromatic heterocycles. The van der Waals surface area contributed by atoms with Gasteiger partial charge >= 0.3 is 5.76 Å². The first-order valence-corrected chi connectivity index (χ1v) is 8.31. The van der Waals surface area contributed by atoms with Gasteiger partial charge in [-0.25, -0.2) is 9.18 Å². The van der Waals surface area contributed by atoms with Crippen LogP contribution in [0.15, 0.2) is 94.1 Å². The lowest BCUT2D eigenvalue weighted by Crippen LogP contribution is -2.16. The van der Waals surface area contributed by atoms with Crippen LogP contribution in [0.2, 0.25) is 0 Å². The number of benzene rings is 3. The molecule has 26 heavy (non-hydrogen) atoms. The molecule has 0 amide bonds. The molecule has 128 valence electrons. The summed E-state index contributed by atoms with van der Waals surface area (Å²) in [6, 6.07) is 25.2. The van der Waals surface area contributed by atoms with Crippen LogP contribution >= 0.6 is 0 Å². The first-order chi connectivity index (χ1) is 12.7. The molecule has 0 aliphatic rings. The normalized spacial score (nSPS) is 10.8. The molecule has 4 heteroatoms. The SMILES string of the molecule is O=c1oc(-c2ccccc2)c(-c2ccc(F)cc2)n1Cc1ccccc1. The van der Waals surface area contributed by atoms with Crippen LogP contribution < -0.4 is 5.76 Å². The molecule has 0 aliphatic carbocycles. The molecular weight excluding hydrogens is 329 g/mol. The van der Waals surface area contributed by atoms with Gasteiger partial charge in [-0.1, -0.05) is 60.7 Å². The molecule has 0 spiro atoms. The molecular formula is C22H16FNO2. The molecule has 4 aromatic rings. The fraction of sp³-hybridized carbons (Fsp3) is 0.0455. The maximum absolute atomic E-state index is 13.4. The van der Waals surface area contributed by atoms with E-state index in [-0.39, 0.29) is 5.82 Å². The minimum atomic E-state index is -0.438. The minimum absolute atomic E-state index is 0.324. The minimum Gasteiger partial charge on any atom is -0.407 e. The fourth-order valence-corrected chi connectivity index (χ4v) is 2.99. The third-order valence-electron chi connectivity index (χ3n) is 4.23.